The van der Waals surface area contributed by atoms with E-state index in [-0.39, 0.29) is 51.3 Å². The van der Waals surface area contributed by atoms with E-state index in [0.717, 1.165) is 22.3 Å². The van der Waals surface area contributed by atoms with Gasteiger partial charge in [-0.1, -0.05) is 108 Å². The van der Waals surface area contributed by atoms with E-state index in [4.69, 9.17) is 13.8 Å². The van der Waals surface area contributed by atoms with Crippen molar-refractivity contribution in [2.45, 2.75) is 64.4 Å². The predicted molar refractivity (Wildman–Crippen MR) is 211 cm³/mol. The third-order valence-corrected chi connectivity index (χ3v) is 11.9. The minimum atomic E-state index is -3.57. The Labute approximate surface area is 327 Å². The first-order valence-corrected chi connectivity index (χ1v) is 20.5. The Hall–Kier alpha value is -5.17. The van der Waals surface area contributed by atoms with E-state index in [1.165, 1.54) is 4.90 Å². The van der Waals surface area contributed by atoms with Crippen LogP contribution in [0, 0.1) is 0 Å². The minimum absolute atomic E-state index is 0.0637. The van der Waals surface area contributed by atoms with Crippen molar-refractivity contribution < 1.29 is 33.0 Å². The average molecular weight is 781 g/mol. The van der Waals surface area contributed by atoms with Gasteiger partial charge in [0.1, 0.15) is 29.9 Å². The lowest BCUT2D eigenvalue weighted by molar-refractivity contribution is -0.148. The fraction of sp³-hybridized carbons (Fsp3) is 0.333. The van der Waals surface area contributed by atoms with E-state index < -0.39 is 25.4 Å². The maximum absolute atomic E-state index is 13.9. The summed E-state index contributed by atoms with van der Waals surface area (Å²) in [6.07, 6.45) is 1.93. The Balaban J connectivity index is 1.09. The Morgan fingerprint density at radius 1 is 0.857 bits per heavy atom. The summed E-state index contributed by atoms with van der Waals surface area (Å²) >= 11 is 0. The molecule has 1 saturated heterocycles. The van der Waals surface area contributed by atoms with Gasteiger partial charge in [-0.2, -0.15) is 0 Å². The van der Waals surface area contributed by atoms with Gasteiger partial charge in [0.25, 0.3) is 0 Å². The van der Waals surface area contributed by atoms with Crippen LogP contribution >= 0.6 is 7.60 Å². The third-order valence-electron chi connectivity index (χ3n) is 9.53. The molecule has 0 aliphatic carbocycles. The van der Waals surface area contributed by atoms with Gasteiger partial charge < -0.3 is 23.8 Å². The maximum atomic E-state index is 13.9. The lowest BCUT2D eigenvalue weighted by Gasteiger charge is -2.27. The number of carboxylic acid groups (broad SMARTS) is 1. The van der Waals surface area contributed by atoms with E-state index in [0.29, 0.717) is 31.1 Å². The Bertz CT molecular complexity index is 1980. The number of benzene rings is 4. The first-order chi connectivity index (χ1) is 27.2. The highest BCUT2D eigenvalue weighted by Crippen LogP contribution is 2.59. The largest absolute Gasteiger partial charge is 0.487 e. The molecule has 4 aromatic carbocycles. The molecule has 0 bridgehead atoms. The van der Waals surface area contributed by atoms with Crippen LogP contribution in [0.2, 0.25) is 0 Å². The van der Waals surface area contributed by atoms with Crippen molar-refractivity contribution in [2.75, 3.05) is 26.3 Å². The zero-order chi connectivity index (χ0) is 39.3. The van der Waals surface area contributed by atoms with Crippen LogP contribution in [0.5, 0.6) is 5.75 Å². The number of hydrogen-bond donors (Lipinski definition) is 2. The molecule has 2 N–H and O–H groups in total. The zero-order valence-corrected chi connectivity index (χ0v) is 32.6. The van der Waals surface area contributed by atoms with Gasteiger partial charge in [-0.15, -0.1) is 5.10 Å². The molecule has 0 spiro atoms. The fourth-order valence-corrected chi connectivity index (χ4v) is 8.82. The average Bonchev–Trinajstić information content (AvgIpc) is 3.88. The van der Waals surface area contributed by atoms with Crippen LogP contribution in [-0.2, 0) is 49.4 Å². The number of aromatic nitrogens is 3. The topological polar surface area (TPSA) is 148 Å². The number of carbonyl (C=O) groups is 2. The molecule has 3 atom stereocenters. The number of nitrogens with one attached hydrogen (secondary N) is 1. The van der Waals surface area contributed by atoms with Crippen molar-refractivity contribution >= 4 is 19.5 Å². The molecule has 1 fully saturated rings. The normalized spacial score (nSPS) is 16.2. The van der Waals surface area contributed by atoms with Gasteiger partial charge in [0.05, 0.1) is 32.0 Å². The first-order valence-electron chi connectivity index (χ1n) is 18.9. The number of carbonyl (C=O) groups excluding carboxylic acids is 1. The fourth-order valence-electron chi connectivity index (χ4n) is 6.88. The van der Waals surface area contributed by atoms with E-state index in [1.807, 2.05) is 108 Å². The molecule has 2 heterocycles. The lowest BCUT2D eigenvalue weighted by atomic mass is 10.1. The van der Waals surface area contributed by atoms with Crippen LogP contribution in [0.25, 0.3) is 0 Å². The number of nitrogens with zero attached hydrogens (tertiary/aromatic N) is 5. The number of amides is 1. The van der Waals surface area contributed by atoms with Crippen LogP contribution in [0.4, 0.5) is 0 Å². The van der Waals surface area contributed by atoms with E-state index in [1.54, 1.807) is 36.9 Å². The van der Waals surface area contributed by atoms with Gasteiger partial charge >= 0.3 is 13.6 Å². The quantitative estimate of drug-likeness (QED) is 0.0800. The molecule has 1 aromatic heterocycles. The van der Waals surface area contributed by atoms with Crippen molar-refractivity contribution in [2.24, 2.45) is 0 Å². The van der Waals surface area contributed by atoms with Gasteiger partial charge in [0.2, 0.25) is 5.91 Å². The summed E-state index contributed by atoms with van der Waals surface area (Å²) in [6, 6.07) is 35.5. The number of hydrogen-bond acceptors (Lipinski definition) is 10. The van der Waals surface area contributed by atoms with Crippen molar-refractivity contribution in [3.05, 3.63) is 149 Å². The standard InChI is InChI=1S/C42H49N6O7P/c1-3-54-56(52,55-4-2)41(43-25-32-14-8-5-9-15-32)35-20-22-38(23-21-35)53-31-36-28-48(45-44-36)37-24-39(42(50)51)47(29-37)40(49)30-46(26-33-16-10-6-11-17-33)27-34-18-12-7-13-19-34/h5-23,28,37,39,41,43H,3-4,24-27,29-31H2,1-2H3,(H,50,51). The van der Waals surface area contributed by atoms with Gasteiger partial charge in [0.15, 0.2) is 0 Å². The monoisotopic (exact) mass is 780 g/mol. The zero-order valence-electron chi connectivity index (χ0n) is 31.7. The van der Waals surface area contributed by atoms with Crippen LogP contribution in [0.1, 0.15) is 60.0 Å². The maximum Gasteiger partial charge on any atom is 0.351 e. The summed E-state index contributed by atoms with van der Waals surface area (Å²) in [6.45, 7) is 5.95. The third kappa shape index (κ3) is 10.8. The van der Waals surface area contributed by atoms with Gasteiger partial charge in [0, 0.05) is 32.6 Å². The molecule has 1 amide bonds. The van der Waals surface area contributed by atoms with Crippen LogP contribution in [0.15, 0.2) is 121 Å². The van der Waals surface area contributed by atoms with Crippen molar-refractivity contribution in [1.29, 1.82) is 0 Å². The Morgan fingerprint density at radius 2 is 1.43 bits per heavy atom. The number of aliphatic carboxylic acids is 1. The van der Waals surface area contributed by atoms with Crippen molar-refractivity contribution in [3.8, 4) is 5.75 Å². The summed E-state index contributed by atoms with van der Waals surface area (Å²) in [5, 5.41) is 22.1. The molecule has 1 aliphatic heterocycles. The van der Waals surface area contributed by atoms with Gasteiger partial charge in [-0.3, -0.25) is 19.6 Å². The molecule has 6 rings (SSSR count). The summed E-state index contributed by atoms with van der Waals surface area (Å²) in [5.41, 5.74) is 4.42. The number of ether oxygens (including phenoxy) is 1. The smallest absolute Gasteiger partial charge is 0.351 e. The molecule has 294 valence electrons. The van der Waals surface area contributed by atoms with Crippen molar-refractivity contribution in [3.63, 3.8) is 0 Å². The molecular formula is C42H49N6O7P. The second-order valence-corrected chi connectivity index (χ2v) is 15.7. The molecule has 0 radical (unpaired) electrons. The summed E-state index contributed by atoms with van der Waals surface area (Å²) in [5.74, 6) is -1.45. The number of rotatable bonds is 20. The van der Waals surface area contributed by atoms with Crippen LogP contribution in [0.3, 0.4) is 0 Å². The highest BCUT2D eigenvalue weighted by Gasteiger charge is 2.41. The molecule has 14 heteroatoms. The minimum Gasteiger partial charge on any atom is -0.487 e. The highest BCUT2D eigenvalue weighted by molar-refractivity contribution is 7.54. The SMILES string of the molecule is CCOP(=O)(OCC)C(NCc1ccccc1)c1ccc(OCc2cn(C3CC(C(=O)O)N(C(=O)CN(Cc4ccccc4)Cc4ccccc4)C3)nn2)cc1. The van der Waals surface area contributed by atoms with Crippen molar-refractivity contribution in [1.82, 2.24) is 30.1 Å². The Kier molecular flexibility index (Phi) is 14.2. The molecule has 56 heavy (non-hydrogen) atoms. The molecular weight excluding hydrogens is 731 g/mol. The molecule has 13 nitrogen and oxygen atoms in total. The van der Waals surface area contributed by atoms with Gasteiger partial charge in [-0.05, 0) is 48.2 Å². The number of carboxylic acids is 1. The van der Waals surface area contributed by atoms with Crippen LogP contribution < -0.4 is 10.1 Å². The van der Waals surface area contributed by atoms with Crippen LogP contribution in [-0.4, -0.2) is 74.1 Å². The van der Waals surface area contributed by atoms with Gasteiger partial charge in [-0.25, -0.2) is 9.48 Å². The van der Waals surface area contributed by atoms with E-state index in [9.17, 15) is 19.3 Å². The van der Waals surface area contributed by atoms with E-state index in [2.05, 4.69) is 15.6 Å². The molecule has 1 aliphatic rings. The molecule has 0 saturated carbocycles. The Morgan fingerprint density at radius 3 is 1.98 bits per heavy atom. The second-order valence-electron chi connectivity index (χ2n) is 13.6. The first kappa shape index (κ1) is 40.5. The second kappa shape index (κ2) is 19.6. The molecule has 3 unspecified atom stereocenters. The van der Waals surface area contributed by atoms with E-state index >= 15 is 0 Å². The molecule has 5 aromatic rings. The number of likely N-dealkylation sites (tertiary alicyclic amines) is 1. The predicted octanol–water partition coefficient (Wildman–Crippen LogP) is 6.84. The summed E-state index contributed by atoms with van der Waals surface area (Å²) in [4.78, 5) is 29.7. The lowest BCUT2D eigenvalue weighted by Crippen LogP contribution is -2.45. The highest BCUT2D eigenvalue weighted by atomic mass is 31.2. The summed E-state index contributed by atoms with van der Waals surface area (Å²) < 4.78 is 33.0. The summed E-state index contributed by atoms with van der Waals surface area (Å²) in [7, 11) is -3.57.